The molecule has 0 spiro atoms. The van der Waals surface area contributed by atoms with Crippen LogP contribution < -0.4 is 16.0 Å². The average Bonchev–Trinajstić information content (AvgIpc) is 2.72. The van der Waals surface area contributed by atoms with E-state index in [4.69, 9.17) is 0 Å². The van der Waals surface area contributed by atoms with Crippen LogP contribution in [0.1, 0.15) is 51.2 Å². The predicted octanol–water partition coefficient (Wildman–Crippen LogP) is 3.79. The van der Waals surface area contributed by atoms with Crippen LogP contribution in [0.25, 0.3) is 0 Å². The van der Waals surface area contributed by atoms with Gasteiger partial charge in [-0.3, -0.25) is 19.7 Å². The Bertz CT molecular complexity index is 902. The van der Waals surface area contributed by atoms with Gasteiger partial charge in [0.2, 0.25) is 17.7 Å². The zero-order chi connectivity index (χ0) is 21.7. The molecule has 3 amide bonds. The second-order valence-electron chi connectivity index (χ2n) is 8.43. The molecule has 1 fully saturated rings. The van der Waals surface area contributed by atoms with E-state index in [-0.39, 0.29) is 24.2 Å². The Labute approximate surface area is 177 Å². The molecule has 0 atom stereocenters. The van der Waals surface area contributed by atoms with Gasteiger partial charge in [-0.25, -0.2) is 0 Å². The maximum absolute atomic E-state index is 12.2. The van der Waals surface area contributed by atoms with Crippen LogP contribution in [-0.4, -0.2) is 17.7 Å². The van der Waals surface area contributed by atoms with Gasteiger partial charge in [0, 0.05) is 30.8 Å². The number of benzene rings is 2. The molecule has 1 heterocycles. The molecule has 158 valence electrons. The fourth-order valence-electron chi connectivity index (χ4n) is 3.38. The highest BCUT2D eigenvalue weighted by Gasteiger charge is 2.30. The van der Waals surface area contributed by atoms with E-state index in [9.17, 15) is 14.4 Å². The fraction of sp³-hybridized carbons (Fsp3) is 0.375. The Kier molecular flexibility index (Phi) is 6.55. The second-order valence-corrected chi connectivity index (χ2v) is 8.43. The molecule has 3 rings (SSSR count). The lowest BCUT2D eigenvalue weighted by Crippen LogP contribution is -2.44. The summed E-state index contributed by atoms with van der Waals surface area (Å²) in [6, 6.07) is 16.3. The molecule has 3 N–H and O–H groups in total. The van der Waals surface area contributed by atoms with Crippen molar-refractivity contribution in [1.82, 2.24) is 10.6 Å². The number of rotatable bonds is 7. The van der Waals surface area contributed by atoms with Gasteiger partial charge in [-0.05, 0) is 47.2 Å². The molecule has 2 aromatic rings. The highest BCUT2D eigenvalue weighted by molar-refractivity contribution is 6.02. The van der Waals surface area contributed by atoms with E-state index < -0.39 is 17.7 Å². The van der Waals surface area contributed by atoms with Gasteiger partial charge in [0.25, 0.3) is 0 Å². The maximum Gasteiger partial charge on any atom is 0.227 e. The molecule has 0 saturated carbocycles. The number of amides is 3. The number of anilines is 2. The monoisotopic (exact) mass is 407 g/mol. The Balaban J connectivity index is 1.53. The van der Waals surface area contributed by atoms with Crippen LogP contribution in [0.15, 0.2) is 48.5 Å². The van der Waals surface area contributed by atoms with E-state index in [1.54, 1.807) is 0 Å². The standard InChI is InChI=1S/C24H29N3O3/c1-4-24(2,3)18-7-11-20(12-8-18)26-19-9-5-16(6-10-19)15-25-23(30)17-13-21(28)27-22(29)14-17/h5-12,17,26H,4,13-15H2,1-3H3,(H,25,30)(H,27,28,29). The highest BCUT2D eigenvalue weighted by Crippen LogP contribution is 2.28. The van der Waals surface area contributed by atoms with E-state index in [0.717, 1.165) is 23.4 Å². The molecule has 6 nitrogen and oxygen atoms in total. The molecule has 0 aliphatic carbocycles. The summed E-state index contributed by atoms with van der Waals surface area (Å²) in [6.07, 6.45) is 1.19. The molecule has 0 unspecified atom stereocenters. The molecule has 1 aliphatic rings. The Morgan fingerprint density at radius 3 is 2.03 bits per heavy atom. The third kappa shape index (κ3) is 5.47. The van der Waals surface area contributed by atoms with Crippen molar-refractivity contribution in [3.8, 4) is 0 Å². The van der Waals surface area contributed by atoms with Crippen molar-refractivity contribution in [3.63, 3.8) is 0 Å². The van der Waals surface area contributed by atoms with Crippen molar-refractivity contribution in [2.45, 2.75) is 52.0 Å². The van der Waals surface area contributed by atoms with Crippen LogP contribution in [0.5, 0.6) is 0 Å². The van der Waals surface area contributed by atoms with Gasteiger partial charge in [-0.1, -0.05) is 45.0 Å². The molecule has 0 aromatic heterocycles. The maximum atomic E-state index is 12.2. The van der Waals surface area contributed by atoms with E-state index in [0.29, 0.717) is 6.54 Å². The van der Waals surface area contributed by atoms with Gasteiger partial charge in [0.1, 0.15) is 0 Å². The first-order valence-corrected chi connectivity index (χ1v) is 10.3. The molecular formula is C24H29N3O3. The van der Waals surface area contributed by atoms with E-state index in [1.807, 2.05) is 24.3 Å². The number of hydrogen-bond donors (Lipinski definition) is 3. The molecule has 0 radical (unpaired) electrons. The molecular weight excluding hydrogens is 378 g/mol. The van der Waals surface area contributed by atoms with Crippen LogP contribution in [0.2, 0.25) is 0 Å². The van der Waals surface area contributed by atoms with E-state index >= 15 is 0 Å². The summed E-state index contributed by atoms with van der Waals surface area (Å²) in [4.78, 5) is 35.1. The summed E-state index contributed by atoms with van der Waals surface area (Å²) in [5.74, 6) is -1.65. The molecule has 0 bridgehead atoms. The van der Waals surface area contributed by atoms with Gasteiger partial charge < -0.3 is 10.6 Å². The number of hydrogen-bond acceptors (Lipinski definition) is 4. The normalized spacial score (nSPS) is 14.9. The number of carbonyl (C=O) groups excluding carboxylic acids is 3. The van der Waals surface area contributed by atoms with Crippen molar-refractivity contribution in [2.75, 3.05) is 5.32 Å². The quantitative estimate of drug-likeness (QED) is 0.610. The lowest BCUT2D eigenvalue weighted by Gasteiger charge is -2.23. The molecule has 30 heavy (non-hydrogen) atoms. The lowest BCUT2D eigenvalue weighted by molar-refractivity contribution is -0.140. The largest absolute Gasteiger partial charge is 0.356 e. The van der Waals surface area contributed by atoms with E-state index in [2.05, 4.69) is 61.0 Å². The summed E-state index contributed by atoms with van der Waals surface area (Å²) in [5, 5.41) is 8.41. The SMILES string of the molecule is CCC(C)(C)c1ccc(Nc2ccc(CNC(=O)C3CC(=O)NC(=O)C3)cc2)cc1. The van der Waals surface area contributed by atoms with Crippen LogP contribution in [0.3, 0.4) is 0 Å². The van der Waals surface area contributed by atoms with Crippen molar-refractivity contribution >= 4 is 29.1 Å². The van der Waals surface area contributed by atoms with Crippen LogP contribution >= 0.6 is 0 Å². The predicted molar refractivity (Wildman–Crippen MR) is 117 cm³/mol. The first-order valence-electron chi connectivity index (χ1n) is 10.3. The molecule has 6 heteroatoms. The average molecular weight is 408 g/mol. The molecule has 2 aromatic carbocycles. The molecule has 1 saturated heterocycles. The Hall–Kier alpha value is -3.15. The topological polar surface area (TPSA) is 87.3 Å². The zero-order valence-electron chi connectivity index (χ0n) is 17.7. The lowest BCUT2D eigenvalue weighted by atomic mass is 9.82. The van der Waals surface area contributed by atoms with Crippen LogP contribution in [-0.2, 0) is 26.3 Å². The first-order chi connectivity index (χ1) is 14.3. The van der Waals surface area contributed by atoms with Gasteiger partial charge in [0.15, 0.2) is 0 Å². The van der Waals surface area contributed by atoms with Gasteiger partial charge >= 0.3 is 0 Å². The summed E-state index contributed by atoms with van der Waals surface area (Å²) >= 11 is 0. The third-order valence-corrected chi connectivity index (χ3v) is 5.77. The number of piperidine rings is 1. The second kappa shape index (κ2) is 9.11. The smallest absolute Gasteiger partial charge is 0.227 e. The minimum Gasteiger partial charge on any atom is -0.356 e. The zero-order valence-corrected chi connectivity index (χ0v) is 17.7. The summed E-state index contributed by atoms with van der Waals surface area (Å²) in [6.45, 7) is 7.04. The minimum absolute atomic E-state index is 0.0503. The highest BCUT2D eigenvalue weighted by atomic mass is 16.2. The van der Waals surface area contributed by atoms with Crippen molar-refractivity contribution in [1.29, 1.82) is 0 Å². The van der Waals surface area contributed by atoms with Gasteiger partial charge in [0.05, 0.1) is 5.92 Å². The Morgan fingerprint density at radius 1 is 0.967 bits per heavy atom. The number of imide groups is 1. The third-order valence-electron chi connectivity index (χ3n) is 5.77. The van der Waals surface area contributed by atoms with Crippen LogP contribution in [0, 0.1) is 5.92 Å². The van der Waals surface area contributed by atoms with Crippen molar-refractivity contribution in [3.05, 3.63) is 59.7 Å². The van der Waals surface area contributed by atoms with Crippen LogP contribution in [0.4, 0.5) is 11.4 Å². The number of carbonyl (C=O) groups is 3. The Morgan fingerprint density at radius 2 is 1.50 bits per heavy atom. The summed E-state index contributed by atoms with van der Waals surface area (Å²) in [7, 11) is 0. The summed E-state index contributed by atoms with van der Waals surface area (Å²) in [5.41, 5.74) is 4.41. The van der Waals surface area contributed by atoms with E-state index in [1.165, 1.54) is 5.56 Å². The van der Waals surface area contributed by atoms with Gasteiger partial charge in [-0.2, -0.15) is 0 Å². The van der Waals surface area contributed by atoms with Gasteiger partial charge in [-0.15, -0.1) is 0 Å². The minimum atomic E-state index is -0.590. The molecule has 1 aliphatic heterocycles. The summed E-state index contributed by atoms with van der Waals surface area (Å²) < 4.78 is 0. The van der Waals surface area contributed by atoms with Crippen molar-refractivity contribution < 1.29 is 14.4 Å². The van der Waals surface area contributed by atoms with Crippen molar-refractivity contribution in [2.24, 2.45) is 5.92 Å². The first kappa shape index (κ1) is 21.6. The number of nitrogens with one attached hydrogen (secondary N) is 3. The fourth-order valence-corrected chi connectivity index (χ4v) is 3.38.